The van der Waals surface area contributed by atoms with Crippen molar-refractivity contribution in [3.05, 3.63) is 18.2 Å². The van der Waals surface area contributed by atoms with E-state index in [1.807, 2.05) is 17.8 Å². The summed E-state index contributed by atoms with van der Waals surface area (Å²) in [4.78, 5) is 30.0. The first-order chi connectivity index (χ1) is 19.1. The van der Waals surface area contributed by atoms with E-state index in [9.17, 15) is 9.59 Å². The Kier molecular flexibility index (Phi) is 22.7. The van der Waals surface area contributed by atoms with E-state index in [4.69, 9.17) is 0 Å². The smallest absolute Gasteiger partial charge is 0.242 e. The number of imidazole rings is 1. The molecule has 1 rings (SSSR count). The first kappa shape index (κ1) is 35.2. The van der Waals surface area contributed by atoms with E-state index < -0.39 is 6.04 Å². The fraction of sp³-hybridized carbons (Fsp3) is 0.848. The molecule has 226 valence electrons. The van der Waals surface area contributed by atoms with Crippen LogP contribution in [0.3, 0.4) is 0 Å². The van der Waals surface area contributed by atoms with E-state index in [1.54, 1.807) is 6.33 Å². The van der Waals surface area contributed by atoms with Crippen LogP contribution >= 0.6 is 0 Å². The summed E-state index contributed by atoms with van der Waals surface area (Å²) < 4.78 is 1.88. The minimum absolute atomic E-state index is 0.0269. The van der Waals surface area contributed by atoms with Crippen LogP contribution in [0, 0.1) is 0 Å². The number of aryl methyl sites for hydroxylation is 1. The Labute approximate surface area is 240 Å². The quantitative estimate of drug-likeness (QED) is 0.109. The molecule has 39 heavy (non-hydrogen) atoms. The standard InChI is InChI=1S/C33H62N4O2/c1-4-6-8-10-12-14-16-17-19-21-23-25-32(38)36-31(27-30-28-37(3)29-35-30)33(39)34-26-24-22-20-18-15-13-11-9-7-5-2/h28-29,31H,4-27H2,1-3H3,(H,34,39)(H,36,38). The Balaban J connectivity index is 2.23. The van der Waals surface area contributed by atoms with E-state index >= 15 is 0 Å². The number of carbonyl (C=O) groups is 2. The Bertz CT molecular complexity index is 718. The first-order valence-electron chi connectivity index (χ1n) is 16.6. The van der Waals surface area contributed by atoms with Gasteiger partial charge in [-0.2, -0.15) is 0 Å². The van der Waals surface area contributed by atoms with Crippen molar-refractivity contribution in [1.82, 2.24) is 20.2 Å². The number of nitrogens with zero attached hydrogens (tertiary/aromatic N) is 2. The summed E-state index contributed by atoms with van der Waals surface area (Å²) >= 11 is 0. The number of hydrogen-bond donors (Lipinski definition) is 2. The maximum absolute atomic E-state index is 12.9. The minimum atomic E-state index is -0.566. The van der Waals surface area contributed by atoms with Crippen molar-refractivity contribution >= 4 is 11.8 Å². The molecule has 0 aromatic carbocycles. The number of hydrogen-bond acceptors (Lipinski definition) is 3. The van der Waals surface area contributed by atoms with Gasteiger partial charge in [0.1, 0.15) is 6.04 Å². The Morgan fingerprint density at radius 3 is 1.64 bits per heavy atom. The number of amides is 2. The van der Waals surface area contributed by atoms with E-state index in [-0.39, 0.29) is 11.8 Å². The zero-order valence-electron chi connectivity index (χ0n) is 25.9. The van der Waals surface area contributed by atoms with Crippen LogP contribution in [0.5, 0.6) is 0 Å². The van der Waals surface area contributed by atoms with Gasteiger partial charge in [0.2, 0.25) is 11.8 Å². The normalized spacial score (nSPS) is 12.0. The van der Waals surface area contributed by atoms with Gasteiger partial charge in [-0.3, -0.25) is 9.59 Å². The Hall–Kier alpha value is -1.85. The highest BCUT2D eigenvalue weighted by Crippen LogP contribution is 2.13. The van der Waals surface area contributed by atoms with Crippen LogP contribution in [0.25, 0.3) is 0 Å². The number of aromatic nitrogens is 2. The van der Waals surface area contributed by atoms with Crippen LogP contribution < -0.4 is 10.6 Å². The summed E-state index contributed by atoms with van der Waals surface area (Å²) in [5, 5.41) is 6.06. The molecule has 2 amide bonds. The maximum Gasteiger partial charge on any atom is 0.242 e. The van der Waals surface area contributed by atoms with Crippen LogP contribution in [-0.2, 0) is 23.1 Å². The molecule has 6 heteroatoms. The molecule has 1 atom stereocenters. The molecule has 0 saturated carbocycles. The lowest BCUT2D eigenvalue weighted by Crippen LogP contribution is -2.48. The third kappa shape index (κ3) is 20.7. The minimum Gasteiger partial charge on any atom is -0.354 e. The van der Waals surface area contributed by atoms with Gasteiger partial charge in [-0.15, -0.1) is 0 Å². The molecule has 0 aliphatic heterocycles. The number of nitrogens with one attached hydrogen (secondary N) is 2. The summed E-state index contributed by atoms with van der Waals surface area (Å²) in [6.07, 6.45) is 31.2. The van der Waals surface area contributed by atoms with E-state index in [1.165, 1.54) is 109 Å². The lowest BCUT2D eigenvalue weighted by Gasteiger charge is -2.18. The third-order valence-electron chi connectivity index (χ3n) is 7.66. The number of carbonyl (C=O) groups excluding carboxylic acids is 2. The summed E-state index contributed by atoms with van der Waals surface area (Å²) in [6.45, 7) is 5.19. The molecule has 2 N–H and O–H groups in total. The van der Waals surface area contributed by atoms with E-state index in [0.717, 1.165) is 31.4 Å². The average molecular weight is 547 g/mol. The fourth-order valence-electron chi connectivity index (χ4n) is 5.15. The van der Waals surface area contributed by atoms with Gasteiger partial charge in [-0.1, -0.05) is 136 Å². The first-order valence-corrected chi connectivity index (χ1v) is 16.6. The second kappa shape index (κ2) is 25.1. The lowest BCUT2D eigenvalue weighted by molar-refractivity contribution is -0.129. The molecule has 0 radical (unpaired) electrons. The van der Waals surface area contributed by atoms with Gasteiger partial charge >= 0.3 is 0 Å². The van der Waals surface area contributed by atoms with Crippen molar-refractivity contribution in [2.45, 2.75) is 168 Å². The van der Waals surface area contributed by atoms with Crippen LogP contribution in [0.1, 0.15) is 161 Å². The maximum atomic E-state index is 12.9. The molecule has 1 aromatic rings. The van der Waals surface area contributed by atoms with Gasteiger partial charge in [0.05, 0.1) is 12.0 Å². The molecule has 0 bridgehead atoms. The number of unbranched alkanes of at least 4 members (excludes halogenated alkanes) is 19. The van der Waals surface area contributed by atoms with Crippen LogP contribution in [0.15, 0.2) is 12.5 Å². The summed E-state index contributed by atoms with van der Waals surface area (Å²) in [5.41, 5.74) is 0.826. The average Bonchev–Trinajstić information content (AvgIpc) is 3.34. The Morgan fingerprint density at radius 2 is 1.18 bits per heavy atom. The number of rotatable bonds is 27. The molecule has 1 heterocycles. The van der Waals surface area contributed by atoms with E-state index in [0.29, 0.717) is 19.4 Å². The summed E-state index contributed by atoms with van der Waals surface area (Å²) in [6, 6.07) is -0.566. The van der Waals surface area contributed by atoms with Crippen molar-refractivity contribution in [2.75, 3.05) is 6.54 Å². The van der Waals surface area contributed by atoms with Crippen LogP contribution in [0.4, 0.5) is 0 Å². The van der Waals surface area contributed by atoms with Crippen molar-refractivity contribution in [3.63, 3.8) is 0 Å². The van der Waals surface area contributed by atoms with Crippen molar-refractivity contribution in [2.24, 2.45) is 7.05 Å². The van der Waals surface area contributed by atoms with Crippen molar-refractivity contribution in [1.29, 1.82) is 0 Å². The van der Waals surface area contributed by atoms with Gasteiger partial charge < -0.3 is 15.2 Å². The third-order valence-corrected chi connectivity index (χ3v) is 7.66. The fourth-order valence-corrected chi connectivity index (χ4v) is 5.15. The highest BCUT2D eigenvalue weighted by atomic mass is 16.2. The molecule has 0 fully saturated rings. The summed E-state index contributed by atoms with van der Waals surface area (Å²) in [7, 11) is 1.92. The van der Waals surface area contributed by atoms with Crippen molar-refractivity contribution in [3.8, 4) is 0 Å². The van der Waals surface area contributed by atoms with Gasteiger partial charge in [0, 0.05) is 32.6 Å². The molecule has 0 saturated heterocycles. The topological polar surface area (TPSA) is 76.0 Å². The van der Waals surface area contributed by atoms with E-state index in [2.05, 4.69) is 29.5 Å². The zero-order valence-corrected chi connectivity index (χ0v) is 25.9. The largest absolute Gasteiger partial charge is 0.354 e. The molecule has 0 spiro atoms. The van der Waals surface area contributed by atoms with Gasteiger partial charge in [-0.25, -0.2) is 4.98 Å². The highest BCUT2D eigenvalue weighted by Gasteiger charge is 2.21. The predicted octanol–water partition coefficient (Wildman–Crippen LogP) is 8.19. The zero-order chi connectivity index (χ0) is 28.4. The molecular formula is C33H62N4O2. The van der Waals surface area contributed by atoms with Gasteiger partial charge in [0.25, 0.3) is 0 Å². The van der Waals surface area contributed by atoms with Gasteiger partial charge in [-0.05, 0) is 12.8 Å². The Morgan fingerprint density at radius 1 is 0.718 bits per heavy atom. The summed E-state index contributed by atoms with van der Waals surface area (Å²) in [5.74, 6) is -0.121. The van der Waals surface area contributed by atoms with Crippen LogP contribution in [0.2, 0.25) is 0 Å². The lowest BCUT2D eigenvalue weighted by atomic mass is 10.0. The molecule has 1 unspecified atom stereocenters. The molecule has 0 aliphatic rings. The molecule has 0 aliphatic carbocycles. The second-order valence-electron chi connectivity index (χ2n) is 11.6. The molecule has 6 nitrogen and oxygen atoms in total. The molecule has 1 aromatic heterocycles. The van der Waals surface area contributed by atoms with Crippen molar-refractivity contribution < 1.29 is 9.59 Å². The monoisotopic (exact) mass is 546 g/mol. The predicted molar refractivity (Wildman–Crippen MR) is 165 cm³/mol. The van der Waals surface area contributed by atoms with Gasteiger partial charge in [0.15, 0.2) is 0 Å². The SMILES string of the molecule is CCCCCCCCCCCCCC(=O)NC(Cc1cn(C)cn1)C(=O)NCCCCCCCCCCCC. The highest BCUT2D eigenvalue weighted by molar-refractivity contribution is 5.87. The molecular weight excluding hydrogens is 484 g/mol. The van der Waals surface area contributed by atoms with Crippen LogP contribution in [-0.4, -0.2) is 34.0 Å². The second-order valence-corrected chi connectivity index (χ2v) is 11.6.